The largest absolute Gasteiger partial charge is 0.338 e. The van der Waals surface area contributed by atoms with Crippen molar-refractivity contribution >= 4 is 6.41 Å². The van der Waals surface area contributed by atoms with Gasteiger partial charge in [0.05, 0.1) is 5.54 Å². The topological polar surface area (TPSA) is 23.6 Å². The van der Waals surface area contributed by atoms with Crippen LogP contribution in [-0.4, -0.2) is 48.4 Å². The highest BCUT2D eigenvalue weighted by molar-refractivity contribution is 5.51. The molecule has 2 heterocycles. The zero-order valence-corrected chi connectivity index (χ0v) is 8.33. The lowest BCUT2D eigenvalue weighted by Gasteiger charge is -2.52. The quantitative estimate of drug-likeness (QED) is 0.557. The van der Waals surface area contributed by atoms with Crippen molar-refractivity contribution in [1.82, 2.24) is 9.80 Å². The van der Waals surface area contributed by atoms with E-state index in [1.165, 1.54) is 32.2 Å². The third kappa shape index (κ3) is 1.46. The maximum Gasteiger partial charge on any atom is 0.210 e. The Labute approximate surface area is 79.7 Å². The molecule has 2 saturated heterocycles. The molecule has 0 aromatic carbocycles. The zero-order valence-electron chi connectivity index (χ0n) is 8.33. The fourth-order valence-corrected chi connectivity index (χ4v) is 2.66. The molecule has 74 valence electrons. The van der Waals surface area contributed by atoms with E-state index in [0.29, 0.717) is 0 Å². The number of carbonyl (C=O) groups is 1. The molecular weight excluding hydrogens is 164 g/mol. The number of carbonyl (C=O) groups excluding carboxylic acids is 1. The highest BCUT2D eigenvalue weighted by Gasteiger charge is 2.44. The summed E-state index contributed by atoms with van der Waals surface area (Å²) < 4.78 is 0. The van der Waals surface area contributed by atoms with Gasteiger partial charge < -0.3 is 9.80 Å². The molecule has 0 aromatic rings. The fraction of sp³-hybridized carbons (Fsp3) is 0.900. The van der Waals surface area contributed by atoms with Crippen LogP contribution in [0.2, 0.25) is 0 Å². The van der Waals surface area contributed by atoms with Crippen LogP contribution in [0.15, 0.2) is 0 Å². The fourth-order valence-electron chi connectivity index (χ4n) is 2.66. The lowest BCUT2D eigenvalue weighted by molar-refractivity contribution is -0.134. The Morgan fingerprint density at radius 2 is 2.08 bits per heavy atom. The van der Waals surface area contributed by atoms with Gasteiger partial charge in [0.2, 0.25) is 6.41 Å². The molecule has 0 aliphatic carbocycles. The molecule has 2 fully saturated rings. The number of nitrogens with zero attached hydrogens (tertiary/aromatic N) is 2. The molecule has 2 aliphatic heterocycles. The molecule has 1 atom stereocenters. The summed E-state index contributed by atoms with van der Waals surface area (Å²) in [5, 5.41) is 0. The van der Waals surface area contributed by atoms with E-state index in [9.17, 15) is 4.79 Å². The first-order valence-corrected chi connectivity index (χ1v) is 5.17. The first kappa shape index (κ1) is 9.00. The predicted octanol–water partition coefficient (Wildman–Crippen LogP) is 0.703. The number of likely N-dealkylation sites (tertiary alicyclic amines) is 2. The number of amides is 1. The second kappa shape index (κ2) is 3.29. The van der Waals surface area contributed by atoms with Crippen LogP contribution in [0.5, 0.6) is 0 Å². The molecule has 0 saturated carbocycles. The van der Waals surface area contributed by atoms with Gasteiger partial charge in [-0.05, 0) is 39.3 Å². The van der Waals surface area contributed by atoms with Crippen molar-refractivity contribution in [3.05, 3.63) is 0 Å². The summed E-state index contributed by atoms with van der Waals surface area (Å²) in [5.74, 6) is 0. The minimum atomic E-state index is 0.215. The second-order valence-corrected chi connectivity index (χ2v) is 4.47. The molecule has 3 nitrogen and oxygen atoms in total. The van der Waals surface area contributed by atoms with Crippen molar-refractivity contribution < 1.29 is 4.79 Å². The van der Waals surface area contributed by atoms with Crippen LogP contribution in [0.3, 0.4) is 0 Å². The van der Waals surface area contributed by atoms with E-state index >= 15 is 0 Å². The lowest BCUT2D eigenvalue weighted by atomic mass is 9.81. The molecule has 2 aliphatic rings. The van der Waals surface area contributed by atoms with Gasteiger partial charge in [-0.25, -0.2) is 0 Å². The number of hydrogen-bond donors (Lipinski definition) is 0. The van der Waals surface area contributed by atoms with Gasteiger partial charge >= 0.3 is 0 Å². The summed E-state index contributed by atoms with van der Waals surface area (Å²) in [7, 11) is 2.16. The Morgan fingerprint density at radius 3 is 2.69 bits per heavy atom. The molecule has 13 heavy (non-hydrogen) atoms. The SMILES string of the molecule is CN1CCCCC2(CCN2C=O)C1. The molecule has 3 heteroatoms. The van der Waals surface area contributed by atoms with Crippen molar-refractivity contribution in [3.8, 4) is 0 Å². The second-order valence-electron chi connectivity index (χ2n) is 4.47. The van der Waals surface area contributed by atoms with E-state index in [1.54, 1.807) is 0 Å². The first-order chi connectivity index (χ1) is 6.27. The van der Waals surface area contributed by atoms with E-state index in [1.807, 2.05) is 4.90 Å². The van der Waals surface area contributed by atoms with Crippen LogP contribution in [-0.2, 0) is 4.79 Å². The molecule has 0 N–H and O–H groups in total. The van der Waals surface area contributed by atoms with E-state index in [2.05, 4.69) is 11.9 Å². The van der Waals surface area contributed by atoms with Gasteiger partial charge in [-0.15, -0.1) is 0 Å². The molecule has 2 rings (SSSR count). The smallest absolute Gasteiger partial charge is 0.210 e. The maximum absolute atomic E-state index is 10.8. The van der Waals surface area contributed by atoms with E-state index < -0.39 is 0 Å². The third-order valence-corrected chi connectivity index (χ3v) is 3.55. The highest BCUT2D eigenvalue weighted by Crippen LogP contribution is 2.36. The van der Waals surface area contributed by atoms with Crippen LogP contribution in [0.1, 0.15) is 25.7 Å². The van der Waals surface area contributed by atoms with Gasteiger partial charge in [0.1, 0.15) is 0 Å². The normalized spacial score (nSPS) is 35.6. The molecule has 0 radical (unpaired) electrons. The maximum atomic E-state index is 10.8. The van der Waals surface area contributed by atoms with Crippen molar-refractivity contribution in [2.24, 2.45) is 0 Å². The highest BCUT2D eigenvalue weighted by atomic mass is 16.1. The molecule has 1 spiro atoms. The molecule has 1 unspecified atom stereocenters. The van der Waals surface area contributed by atoms with Gasteiger partial charge in [0.25, 0.3) is 0 Å². The van der Waals surface area contributed by atoms with E-state index in [0.717, 1.165) is 19.5 Å². The van der Waals surface area contributed by atoms with Crippen LogP contribution < -0.4 is 0 Å². The number of hydrogen-bond acceptors (Lipinski definition) is 2. The molecule has 1 amide bonds. The summed E-state index contributed by atoms with van der Waals surface area (Å²) in [6, 6.07) is 0. The van der Waals surface area contributed by atoms with Gasteiger partial charge in [-0.3, -0.25) is 4.79 Å². The standard InChI is InChI=1S/C10H18N2O/c1-11-6-3-2-4-10(8-11)5-7-12(10)9-13/h9H,2-8H2,1H3. The monoisotopic (exact) mass is 182 g/mol. The van der Waals surface area contributed by atoms with Gasteiger partial charge in [0, 0.05) is 13.1 Å². The summed E-state index contributed by atoms with van der Waals surface area (Å²) in [5.41, 5.74) is 0.215. The average molecular weight is 182 g/mol. The van der Waals surface area contributed by atoms with Crippen LogP contribution >= 0.6 is 0 Å². The summed E-state index contributed by atoms with van der Waals surface area (Å²) in [6.07, 6.45) is 5.99. The predicted molar refractivity (Wildman–Crippen MR) is 51.5 cm³/mol. The Balaban J connectivity index is 2.06. The summed E-state index contributed by atoms with van der Waals surface area (Å²) in [4.78, 5) is 15.1. The van der Waals surface area contributed by atoms with E-state index in [4.69, 9.17) is 0 Å². The van der Waals surface area contributed by atoms with Crippen LogP contribution in [0, 0.1) is 0 Å². The Morgan fingerprint density at radius 1 is 1.23 bits per heavy atom. The lowest BCUT2D eigenvalue weighted by Crippen LogP contribution is -2.63. The zero-order chi connectivity index (χ0) is 9.31. The van der Waals surface area contributed by atoms with Gasteiger partial charge in [-0.2, -0.15) is 0 Å². The Kier molecular flexibility index (Phi) is 2.28. The third-order valence-electron chi connectivity index (χ3n) is 3.55. The molecular formula is C10H18N2O. The van der Waals surface area contributed by atoms with Gasteiger partial charge in [0.15, 0.2) is 0 Å². The van der Waals surface area contributed by atoms with Gasteiger partial charge in [-0.1, -0.05) is 0 Å². The minimum absolute atomic E-state index is 0.215. The average Bonchev–Trinajstić information content (AvgIpc) is 2.28. The number of rotatable bonds is 1. The van der Waals surface area contributed by atoms with Crippen molar-refractivity contribution in [1.29, 1.82) is 0 Å². The minimum Gasteiger partial charge on any atom is -0.338 e. The van der Waals surface area contributed by atoms with Crippen LogP contribution in [0.25, 0.3) is 0 Å². The first-order valence-electron chi connectivity index (χ1n) is 5.17. The Bertz CT molecular complexity index is 207. The molecule has 0 aromatic heterocycles. The van der Waals surface area contributed by atoms with Crippen molar-refractivity contribution in [3.63, 3.8) is 0 Å². The van der Waals surface area contributed by atoms with Crippen molar-refractivity contribution in [2.75, 3.05) is 26.7 Å². The van der Waals surface area contributed by atoms with E-state index in [-0.39, 0.29) is 5.54 Å². The van der Waals surface area contributed by atoms with Crippen molar-refractivity contribution in [2.45, 2.75) is 31.2 Å². The molecule has 0 bridgehead atoms. The summed E-state index contributed by atoms with van der Waals surface area (Å²) >= 11 is 0. The van der Waals surface area contributed by atoms with Crippen LogP contribution in [0.4, 0.5) is 0 Å². The number of likely N-dealkylation sites (N-methyl/N-ethyl adjacent to an activating group) is 1. The Hall–Kier alpha value is -0.570. The summed E-state index contributed by atoms with van der Waals surface area (Å²) in [6.45, 7) is 3.23.